The minimum Gasteiger partial charge on any atom is -0.324 e. The van der Waals surface area contributed by atoms with E-state index in [4.69, 9.17) is 17.3 Å². The molecule has 0 aliphatic heterocycles. The standard InChI is InChI=1S/C13H18ClN.ClH/c1-9-8-11(6-7-12(9)14)13(15)10-4-2-3-5-10;/h6-8,10,13H,2-5,15H2,1H3;1H/t13-;/m1./s1. The van der Waals surface area contributed by atoms with Crippen LogP contribution in [0.15, 0.2) is 18.2 Å². The summed E-state index contributed by atoms with van der Waals surface area (Å²) in [6.45, 7) is 2.03. The van der Waals surface area contributed by atoms with Crippen molar-refractivity contribution in [2.45, 2.75) is 38.6 Å². The molecule has 90 valence electrons. The Labute approximate surface area is 109 Å². The largest absolute Gasteiger partial charge is 0.324 e. The van der Waals surface area contributed by atoms with Crippen molar-refractivity contribution in [3.8, 4) is 0 Å². The summed E-state index contributed by atoms with van der Waals surface area (Å²) in [4.78, 5) is 0. The topological polar surface area (TPSA) is 26.0 Å². The maximum atomic E-state index is 6.28. The maximum absolute atomic E-state index is 6.28. The molecule has 16 heavy (non-hydrogen) atoms. The minimum atomic E-state index is 0. The Bertz CT molecular complexity index is 346. The molecule has 0 unspecified atom stereocenters. The van der Waals surface area contributed by atoms with Crippen LogP contribution in [0.25, 0.3) is 0 Å². The average molecular weight is 260 g/mol. The molecular formula is C13H19Cl2N. The number of halogens is 2. The predicted octanol–water partition coefficient (Wildman–Crippen LogP) is 4.26. The third-order valence-corrected chi connectivity index (χ3v) is 3.90. The van der Waals surface area contributed by atoms with Gasteiger partial charge in [-0.3, -0.25) is 0 Å². The van der Waals surface area contributed by atoms with Crippen molar-refractivity contribution in [2.24, 2.45) is 11.7 Å². The number of nitrogens with two attached hydrogens (primary N) is 1. The second-order valence-electron chi connectivity index (χ2n) is 4.58. The van der Waals surface area contributed by atoms with Gasteiger partial charge in [-0.1, -0.05) is 36.6 Å². The zero-order valence-corrected chi connectivity index (χ0v) is 11.2. The molecule has 0 heterocycles. The van der Waals surface area contributed by atoms with Crippen molar-refractivity contribution in [1.29, 1.82) is 0 Å². The molecule has 3 heteroatoms. The predicted molar refractivity (Wildman–Crippen MR) is 72.3 cm³/mol. The van der Waals surface area contributed by atoms with Crippen LogP contribution in [-0.4, -0.2) is 0 Å². The molecule has 2 rings (SSSR count). The molecule has 0 saturated heterocycles. The van der Waals surface area contributed by atoms with Crippen LogP contribution in [0.1, 0.15) is 42.9 Å². The summed E-state index contributed by atoms with van der Waals surface area (Å²) in [5.74, 6) is 0.672. The number of aryl methyl sites for hydroxylation is 1. The Morgan fingerprint density at radius 3 is 2.50 bits per heavy atom. The summed E-state index contributed by atoms with van der Waals surface area (Å²) in [7, 11) is 0. The van der Waals surface area contributed by atoms with Crippen LogP contribution in [0.5, 0.6) is 0 Å². The first-order valence-corrected chi connectivity index (χ1v) is 6.08. The summed E-state index contributed by atoms with van der Waals surface area (Å²) >= 11 is 6.00. The Balaban J connectivity index is 0.00000128. The van der Waals surface area contributed by atoms with Gasteiger partial charge in [0.15, 0.2) is 0 Å². The molecule has 1 aliphatic carbocycles. The van der Waals surface area contributed by atoms with Crippen LogP contribution < -0.4 is 5.73 Å². The monoisotopic (exact) mass is 259 g/mol. The summed E-state index contributed by atoms with van der Waals surface area (Å²) in [5.41, 5.74) is 8.64. The first-order valence-electron chi connectivity index (χ1n) is 5.70. The van der Waals surface area contributed by atoms with Gasteiger partial charge in [-0.25, -0.2) is 0 Å². The molecule has 0 spiro atoms. The van der Waals surface area contributed by atoms with E-state index in [2.05, 4.69) is 12.1 Å². The Hall–Kier alpha value is -0.240. The van der Waals surface area contributed by atoms with E-state index in [1.807, 2.05) is 13.0 Å². The van der Waals surface area contributed by atoms with Crippen molar-refractivity contribution in [3.63, 3.8) is 0 Å². The van der Waals surface area contributed by atoms with Gasteiger partial charge < -0.3 is 5.73 Å². The highest BCUT2D eigenvalue weighted by molar-refractivity contribution is 6.31. The fourth-order valence-electron chi connectivity index (χ4n) is 2.46. The van der Waals surface area contributed by atoms with Crippen molar-refractivity contribution in [1.82, 2.24) is 0 Å². The number of rotatable bonds is 2. The zero-order valence-electron chi connectivity index (χ0n) is 9.58. The molecule has 1 aliphatic rings. The van der Waals surface area contributed by atoms with E-state index in [9.17, 15) is 0 Å². The van der Waals surface area contributed by atoms with E-state index in [1.54, 1.807) is 0 Å². The molecule has 1 aromatic carbocycles. The van der Waals surface area contributed by atoms with Crippen molar-refractivity contribution in [3.05, 3.63) is 34.3 Å². The highest BCUT2D eigenvalue weighted by atomic mass is 35.5. The third-order valence-electron chi connectivity index (χ3n) is 3.47. The molecule has 0 aromatic heterocycles. The van der Waals surface area contributed by atoms with E-state index < -0.39 is 0 Å². The first kappa shape index (κ1) is 13.8. The van der Waals surface area contributed by atoms with Crippen LogP contribution in [0.3, 0.4) is 0 Å². The molecule has 1 nitrogen and oxygen atoms in total. The molecule has 1 atom stereocenters. The number of hydrogen-bond donors (Lipinski definition) is 1. The number of benzene rings is 1. The first-order chi connectivity index (χ1) is 7.18. The van der Waals surface area contributed by atoms with Crippen LogP contribution in [0.2, 0.25) is 5.02 Å². The highest BCUT2D eigenvalue weighted by Crippen LogP contribution is 2.34. The normalized spacial score (nSPS) is 18.2. The van der Waals surface area contributed by atoms with Gasteiger partial charge in [0.05, 0.1) is 0 Å². The lowest BCUT2D eigenvalue weighted by Crippen LogP contribution is -2.19. The van der Waals surface area contributed by atoms with Gasteiger partial charge in [0.1, 0.15) is 0 Å². The van der Waals surface area contributed by atoms with E-state index in [0.29, 0.717) is 5.92 Å². The maximum Gasteiger partial charge on any atom is 0.0435 e. The molecule has 1 saturated carbocycles. The van der Waals surface area contributed by atoms with Crippen LogP contribution in [0, 0.1) is 12.8 Å². The van der Waals surface area contributed by atoms with E-state index in [1.165, 1.54) is 31.2 Å². The summed E-state index contributed by atoms with van der Waals surface area (Å²) < 4.78 is 0. The van der Waals surface area contributed by atoms with Crippen molar-refractivity contribution in [2.75, 3.05) is 0 Å². The molecule has 1 aromatic rings. The van der Waals surface area contributed by atoms with Gasteiger partial charge >= 0.3 is 0 Å². The SMILES string of the molecule is Cc1cc([C@H](N)C2CCCC2)ccc1Cl.Cl. The van der Waals surface area contributed by atoms with Crippen LogP contribution >= 0.6 is 24.0 Å². The second kappa shape index (κ2) is 5.90. The molecule has 2 N–H and O–H groups in total. The van der Waals surface area contributed by atoms with Gasteiger partial charge in [0, 0.05) is 11.1 Å². The Morgan fingerprint density at radius 1 is 1.31 bits per heavy atom. The molecule has 0 radical (unpaired) electrons. The zero-order chi connectivity index (χ0) is 10.8. The van der Waals surface area contributed by atoms with Crippen molar-refractivity contribution >= 4 is 24.0 Å². The quantitative estimate of drug-likeness (QED) is 0.844. The summed E-state index contributed by atoms with van der Waals surface area (Å²) in [5, 5.41) is 0.831. The fraction of sp³-hybridized carbons (Fsp3) is 0.538. The fourth-order valence-corrected chi connectivity index (χ4v) is 2.58. The molecular weight excluding hydrogens is 241 g/mol. The Kier molecular flexibility index (Phi) is 5.10. The molecule has 0 amide bonds. The van der Waals surface area contributed by atoms with Gasteiger partial charge in [-0.15, -0.1) is 12.4 Å². The molecule has 1 fully saturated rings. The van der Waals surface area contributed by atoms with Gasteiger partial charge in [-0.2, -0.15) is 0 Å². The lowest BCUT2D eigenvalue weighted by atomic mass is 9.92. The Morgan fingerprint density at radius 2 is 1.94 bits per heavy atom. The minimum absolute atomic E-state index is 0. The smallest absolute Gasteiger partial charge is 0.0435 e. The van der Waals surface area contributed by atoms with Crippen LogP contribution in [-0.2, 0) is 0 Å². The van der Waals surface area contributed by atoms with Gasteiger partial charge in [0.25, 0.3) is 0 Å². The molecule has 0 bridgehead atoms. The van der Waals surface area contributed by atoms with Crippen LogP contribution in [0.4, 0.5) is 0 Å². The third kappa shape index (κ3) is 2.91. The van der Waals surface area contributed by atoms with E-state index in [-0.39, 0.29) is 18.4 Å². The van der Waals surface area contributed by atoms with E-state index in [0.717, 1.165) is 10.6 Å². The summed E-state index contributed by atoms with van der Waals surface area (Å²) in [6, 6.07) is 6.36. The number of hydrogen-bond acceptors (Lipinski definition) is 1. The lowest BCUT2D eigenvalue weighted by Gasteiger charge is -2.19. The lowest BCUT2D eigenvalue weighted by molar-refractivity contribution is 0.445. The van der Waals surface area contributed by atoms with E-state index >= 15 is 0 Å². The summed E-state index contributed by atoms with van der Waals surface area (Å²) in [6.07, 6.45) is 5.24. The van der Waals surface area contributed by atoms with Gasteiger partial charge in [0.2, 0.25) is 0 Å². The average Bonchev–Trinajstić information content (AvgIpc) is 2.74. The highest BCUT2D eigenvalue weighted by Gasteiger charge is 2.23. The van der Waals surface area contributed by atoms with Gasteiger partial charge in [-0.05, 0) is 42.9 Å². The van der Waals surface area contributed by atoms with Crippen molar-refractivity contribution < 1.29 is 0 Å². The second-order valence-corrected chi connectivity index (χ2v) is 4.99.